The van der Waals surface area contributed by atoms with Crippen LogP contribution in [0.15, 0.2) is 24.3 Å². The molecule has 0 atom stereocenters. The van der Waals surface area contributed by atoms with Crippen LogP contribution in [-0.4, -0.2) is 53.3 Å². The maximum atomic E-state index is 11.8. The van der Waals surface area contributed by atoms with E-state index in [4.69, 9.17) is 0 Å². The Kier molecular flexibility index (Phi) is 9.71. The molecule has 3 aromatic rings. The second kappa shape index (κ2) is 12.9. The number of hydrogen-bond donors (Lipinski definition) is 3. The van der Waals surface area contributed by atoms with Crippen molar-refractivity contribution >= 4 is 0 Å². The van der Waals surface area contributed by atoms with Crippen LogP contribution in [0.4, 0.5) is 0 Å². The Morgan fingerprint density at radius 3 is 1.39 bits per heavy atom. The van der Waals surface area contributed by atoms with Crippen LogP contribution in [0, 0.1) is 27.7 Å². The molecule has 41 heavy (non-hydrogen) atoms. The highest BCUT2D eigenvalue weighted by Gasteiger charge is 2.22. The standard InChI is InChI=1S/C36H50N2O3/c1-22-14-27(24(3)32(34(22)39)20-37(5)6)16-30-18-29(26-12-10-9-11-13-26)19-31(36(30)41)17-28-15-23(2)35(40)33(25(28)4)21-38(7)8/h14-15,18-19,26,39-41H,9-13,16-17,20-21H2,1-8H3. The lowest BCUT2D eigenvalue weighted by Gasteiger charge is -2.25. The highest BCUT2D eigenvalue weighted by molar-refractivity contribution is 5.55. The molecule has 3 N–H and O–H groups in total. The number of benzene rings is 3. The van der Waals surface area contributed by atoms with E-state index in [0.29, 0.717) is 49.1 Å². The van der Waals surface area contributed by atoms with Crippen molar-refractivity contribution < 1.29 is 15.3 Å². The molecule has 0 aliphatic heterocycles. The molecule has 0 unspecified atom stereocenters. The number of phenols is 3. The van der Waals surface area contributed by atoms with Crippen molar-refractivity contribution in [3.05, 3.63) is 85.5 Å². The summed E-state index contributed by atoms with van der Waals surface area (Å²) in [6.45, 7) is 9.43. The van der Waals surface area contributed by atoms with Gasteiger partial charge in [0.05, 0.1) is 0 Å². The molecule has 0 amide bonds. The van der Waals surface area contributed by atoms with Gasteiger partial charge in [0, 0.05) is 37.1 Å². The van der Waals surface area contributed by atoms with Crippen molar-refractivity contribution in [3.63, 3.8) is 0 Å². The summed E-state index contributed by atoms with van der Waals surface area (Å²) in [7, 11) is 8.07. The van der Waals surface area contributed by atoms with Gasteiger partial charge < -0.3 is 25.1 Å². The van der Waals surface area contributed by atoms with Crippen LogP contribution >= 0.6 is 0 Å². The summed E-state index contributed by atoms with van der Waals surface area (Å²) in [5.41, 5.74) is 11.3. The quantitative estimate of drug-likeness (QED) is 0.256. The lowest BCUT2D eigenvalue weighted by atomic mass is 9.81. The van der Waals surface area contributed by atoms with Crippen LogP contribution in [0.25, 0.3) is 0 Å². The van der Waals surface area contributed by atoms with Crippen LogP contribution in [0.5, 0.6) is 17.2 Å². The first-order valence-corrected chi connectivity index (χ1v) is 15.1. The Bertz CT molecular complexity index is 1310. The SMILES string of the molecule is Cc1cc(Cc2cc(C3CCCCC3)cc(Cc3cc(C)c(O)c(CN(C)C)c3C)c2O)c(C)c(CN(C)C)c1O. The highest BCUT2D eigenvalue weighted by Crippen LogP contribution is 2.40. The van der Waals surface area contributed by atoms with Crippen LogP contribution in [0.3, 0.4) is 0 Å². The molecule has 0 heterocycles. The maximum Gasteiger partial charge on any atom is 0.123 e. The fourth-order valence-electron chi connectivity index (χ4n) is 6.62. The molecule has 0 aromatic heterocycles. The molecule has 0 radical (unpaired) electrons. The molecule has 222 valence electrons. The number of aryl methyl sites for hydroxylation is 2. The topological polar surface area (TPSA) is 67.2 Å². The second-order valence-electron chi connectivity index (χ2n) is 13.0. The zero-order valence-electron chi connectivity index (χ0n) is 26.5. The van der Waals surface area contributed by atoms with Crippen molar-refractivity contribution in [2.75, 3.05) is 28.2 Å². The maximum absolute atomic E-state index is 11.8. The molecule has 1 saturated carbocycles. The van der Waals surface area contributed by atoms with E-state index in [9.17, 15) is 15.3 Å². The Hall–Kier alpha value is -3.02. The number of aromatic hydroxyl groups is 3. The molecule has 0 saturated heterocycles. The van der Waals surface area contributed by atoms with Crippen molar-refractivity contribution in [1.82, 2.24) is 9.80 Å². The van der Waals surface area contributed by atoms with Crippen molar-refractivity contribution in [3.8, 4) is 17.2 Å². The molecule has 1 fully saturated rings. The minimum Gasteiger partial charge on any atom is -0.507 e. The first-order chi connectivity index (χ1) is 19.4. The smallest absolute Gasteiger partial charge is 0.123 e. The number of phenolic OH excluding ortho intramolecular Hbond substituents is 3. The molecule has 3 aromatic carbocycles. The summed E-state index contributed by atoms with van der Waals surface area (Å²) in [5.74, 6) is 1.61. The Morgan fingerprint density at radius 2 is 1.00 bits per heavy atom. The average molecular weight is 559 g/mol. The zero-order chi connectivity index (χ0) is 30.0. The third kappa shape index (κ3) is 6.90. The van der Waals surface area contributed by atoms with Gasteiger partial charge in [0.2, 0.25) is 0 Å². The van der Waals surface area contributed by atoms with Gasteiger partial charge in [-0.2, -0.15) is 0 Å². The normalized spacial score (nSPS) is 14.4. The monoisotopic (exact) mass is 558 g/mol. The third-order valence-electron chi connectivity index (χ3n) is 9.05. The van der Waals surface area contributed by atoms with E-state index in [-0.39, 0.29) is 0 Å². The first kappa shape index (κ1) is 30.9. The van der Waals surface area contributed by atoms with E-state index in [1.54, 1.807) is 0 Å². The lowest BCUT2D eigenvalue weighted by molar-refractivity contribution is 0.383. The van der Waals surface area contributed by atoms with E-state index in [1.165, 1.54) is 37.7 Å². The molecule has 0 bridgehead atoms. The summed E-state index contributed by atoms with van der Waals surface area (Å²) >= 11 is 0. The molecule has 0 spiro atoms. The zero-order valence-corrected chi connectivity index (χ0v) is 26.5. The molecule has 4 rings (SSSR count). The Balaban J connectivity index is 1.82. The summed E-state index contributed by atoms with van der Waals surface area (Å²) in [4.78, 5) is 4.16. The van der Waals surface area contributed by atoms with Crippen LogP contribution in [0.2, 0.25) is 0 Å². The predicted octanol–water partition coefficient (Wildman–Crippen LogP) is 7.39. The number of nitrogens with zero attached hydrogens (tertiary/aromatic N) is 2. The van der Waals surface area contributed by atoms with E-state index >= 15 is 0 Å². The minimum atomic E-state index is 0.364. The lowest BCUT2D eigenvalue weighted by Crippen LogP contribution is -2.14. The van der Waals surface area contributed by atoms with Gasteiger partial charge in [0.1, 0.15) is 17.2 Å². The van der Waals surface area contributed by atoms with Gasteiger partial charge in [-0.1, -0.05) is 43.5 Å². The molecular formula is C36H50N2O3. The molecule has 5 nitrogen and oxygen atoms in total. The Labute approximate surface area is 247 Å². The summed E-state index contributed by atoms with van der Waals surface area (Å²) < 4.78 is 0. The molecule has 1 aliphatic rings. The van der Waals surface area contributed by atoms with Gasteiger partial charge in [-0.15, -0.1) is 0 Å². The van der Waals surface area contributed by atoms with Crippen LogP contribution < -0.4 is 0 Å². The Morgan fingerprint density at radius 1 is 0.585 bits per heavy atom. The van der Waals surface area contributed by atoms with E-state index < -0.39 is 0 Å². The summed E-state index contributed by atoms with van der Waals surface area (Å²) in [6, 6.07) is 8.65. The van der Waals surface area contributed by atoms with E-state index in [2.05, 4.69) is 47.9 Å². The summed E-state index contributed by atoms with van der Waals surface area (Å²) in [6.07, 6.45) is 7.43. The number of hydrogen-bond acceptors (Lipinski definition) is 5. The third-order valence-corrected chi connectivity index (χ3v) is 9.05. The van der Waals surface area contributed by atoms with Gasteiger partial charge in [-0.05, 0) is 125 Å². The fraction of sp³-hybridized carbons (Fsp3) is 0.500. The molecule has 5 heteroatoms. The van der Waals surface area contributed by atoms with Gasteiger partial charge >= 0.3 is 0 Å². The van der Waals surface area contributed by atoms with Crippen molar-refractivity contribution in [2.45, 2.75) is 91.6 Å². The number of rotatable bonds is 9. The second-order valence-corrected chi connectivity index (χ2v) is 13.0. The summed E-state index contributed by atoms with van der Waals surface area (Å²) in [5, 5.41) is 33.5. The van der Waals surface area contributed by atoms with Crippen LogP contribution in [-0.2, 0) is 25.9 Å². The van der Waals surface area contributed by atoms with Gasteiger partial charge in [0.15, 0.2) is 0 Å². The molecule has 1 aliphatic carbocycles. The highest BCUT2D eigenvalue weighted by atomic mass is 16.3. The fourth-order valence-corrected chi connectivity index (χ4v) is 6.62. The van der Waals surface area contributed by atoms with E-state index in [1.807, 2.05) is 42.0 Å². The van der Waals surface area contributed by atoms with Crippen LogP contribution in [0.1, 0.15) is 99.2 Å². The largest absolute Gasteiger partial charge is 0.507 e. The van der Waals surface area contributed by atoms with Gasteiger partial charge in [-0.3, -0.25) is 0 Å². The van der Waals surface area contributed by atoms with Crippen molar-refractivity contribution in [1.29, 1.82) is 0 Å². The predicted molar refractivity (Wildman–Crippen MR) is 169 cm³/mol. The van der Waals surface area contributed by atoms with Gasteiger partial charge in [-0.25, -0.2) is 0 Å². The van der Waals surface area contributed by atoms with Gasteiger partial charge in [0.25, 0.3) is 0 Å². The first-order valence-electron chi connectivity index (χ1n) is 15.1. The van der Waals surface area contributed by atoms with E-state index in [0.717, 1.165) is 55.6 Å². The average Bonchev–Trinajstić information content (AvgIpc) is 2.92. The minimum absolute atomic E-state index is 0.364. The van der Waals surface area contributed by atoms with Crippen molar-refractivity contribution in [2.24, 2.45) is 0 Å². The molecular weight excluding hydrogens is 508 g/mol.